The summed E-state index contributed by atoms with van der Waals surface area (Å²) in [6.45, 7) is 0. The van der Waals surface area contributed by atoms with Crippen LogP contribution in [0.25, 0.3) is 0 Å². The summed E-state index contributed by atoms with van der Waals surface area (Å²) < 4.78 is 4.66. The number of esters is 1. The zero-order valence-corrected chi connectivity index (χ0v) is 13.1. The van der Waals surface area contributed by atoms with Crippen LogP contribution in [0.1, 0.15) is 15.9 Å². The molecule has 0 aliphatic rings. The van der Waals surface area contributed by atoms with Gasteiger partial charge in [0.25, 0.3) is 0 Å². The molecule has 0 atom stereocenters. The van der Waals surface area contributed by atoms with Crippen molar-refractivity contribution in [2.24, 2.45) is 0 Å². The normalized spacial score (nSPS) is 10.3. The Morgan fingerprint density at radius 1 is 1.10 bits per heavy atom. The fourth-order valence-corrected chi connectivity index (χ4v) is 2.84. The lowest BCUT2D eigenvalue weighted by Crippen LogP contribution is -2.00. The summed E-state index contributed by atoms with van der Waals surface area (Å²) in [5, 5.41) is 1.11. The van der Waals surface area contributed by atoms with Crippen LogP contribution in [0.3, 0.4) is 0 Å². The smallest absolute Gasteiger partial charge is 0.337 e. The zero-order chi connectivity index (χ0) is 14.5. The summed E-state index contributed by atoms with van der Waals surface area (Å²) in [4.78, 5) is 12.4. The molecule has 0 saturated carbocycles. The van der Waals surface area contributed by atoms with Gasteiger partial charge in [-0.3, -0.25) is 0 Å². The summed E-state index contributed by atoms with van der Waals surface area (Å²) in [5.41, 5.74) is 1.67. The molecule has 0 amide bonds. The van der Waals surface area contributed by atoms with Crippen molar-refractivity contribution >= 4 is 40.9 Å². The first-order valence-electron chi connectivity index (χ1n) is 5.85. The molecule has 0 heterocycles. The highest BCUT2D eigenvalue weighted by Crippen LogP contribution is 2.29. The van der Waals surface area contributed by atoms with Gasteiger partial charge in [-0.15, -0.1) is 11.8 Å². The Kier molecular flexibility index (Phi) is 5.35. The standard InChI is InChI=1S/C15H12Cl2O2S/c1-19-15(18)11-4-2-10(3-5-11)9-20-12-6-7-13(16)14(17)8-12/h2-8H,9H2,1H3. The van der Waals surface area contributed by atoms with Gasteiger partial charge in [0.1, 0.15) is 0 Å². The lowest BCUT2D eigenvalue weighted by Gasteiger charge is -2.05. The van der Waals surface area contributed by atoms with Gasteiger partial charge < -0.3 is 4.74 Å². The van der Waals surface area contributed by atoms with E-state index in [1.165, 1.54) is 7.11 Å². The van der Waals surface area contributed by atoms with E-state index < -0.39 is 0 Å². The molecule has 0 bridgehead atoms. The maximum absolute atomic E-state index is 11.3. The highest BCUT2D eigenvalue weighted by atomic mass is 35.5. The molecule has 0 spiro atoms. The first-order valence-corrected chi connectivity index (χ1v) is 7.59. The lowest BCUT2D eigenvalue weighted by molar-refractivity contribution is 0.0600. The molecule has 0 aliphatic heterocycles. The lowest BCUT2D eigenvalue weighted by atomic mass is 10.1. The molecule has 0 radical (unpaired) electrons. The molecule has 2 rings (SSSR count). The average molecular weight is 327 g/mol. The molecule has 2 aromatic carbocycles. The van der Waals surface area contributed by atoms with E-state index >= 15 is 0 Å². The second-order valence-electron chi connectivity index (χ2n) is 4.05. The van der Waals surface area contributed by atoms with Gasteiger partial charge in [-0.2, -0.15) is 0 Å². The van der Waals surface area contributed by atoms with Crippen molar-refractivity contribution < 1.29 is 9.53 Å². The summed E-state index contributed by atoms with van der Waals surface area (Å²) >= 11 is 13.5. The van der Waals surface area contributed by atoms with Crippen LogP contribution in [0.4, 0.5) is 0 Å². The molecular formula is C15H12Cl2O2S. The van der Waals surface area contributed by atoms with Gasteiger partial charge >= 0.3 is 5.97 Å². The number of benzene rings is 2. The van der Waals surface area contributed by atoms with Crippen molar-refractivity contribution in [3.05, 3.63) is 63.6 Å². The highest BCUT2D eigenvalue weighted by molar-refractivity contribution is 7.98. The van der Waals surface area contributed by atoms with E-state index in [0.29, 0.717) is 15.6 Å². The van der Waals surface area contributed by atoms with Crippen molar-refractivity contribution in [1.82, 2.24) is 0 Å². The fourth-order valence-electron chi connectivity index (χ4n) is 1.59. The SMILES string of the molecule is COC(=O)c1ccc(CSc2ccc(Cl)c(Cl)c2)cc1. The van der Waals surface area contributed by atoms with Gasteiger partial charge in [0.05, 0.1) is 22.7 Å². The number of thioether (sulfide) groups is 1. The number of halogens is 2. The minimum atomic E-state index is -0.325. The molecule has 20 heavy (non-hydrogen) atoms. The molecule has 0 saturated heterocycles. The van der Waals surface area contributed by atoms with E-state index in [1.54, 1.807) is 30.0 Å². The Hall–Kier alpha value is -1.16. The van der Waals surface area contributed by atoms with E-state index in [4.69, 9.17) is 23.2 Å². The van der Waals surface area contributed by atoms with Crippen LogP contribution in [0.5, 0.6) is 0 Å². The summed E-state index contributed by atoms with van der Waals surface area (Å²) in [6.07, 6.45) is 0. The molecule has 0 N–H and O–H groups in total. The third-order valence-corrected chi connectivity index (χ3v) is 4.48. The van der Waals surface area contributed by atoms with Gasteiger partial charge in [0, 0.05) is 10.6 Å². The average Bonchev–Trinajstić information content (AvgIpc) is 2.48. The zero-order valence-electron chi connectivity index (χ0n) is 10.7. The Bertz CT molecular complexity index is 612. The first-order chi connectivity index (χ1) is 9.60. The predicted octanol–water partition coefficient (Wildman–Crippen LogP) is 5.07. The minimum absolute atomic E-state index is 0.325. The van der Waals surface area contributed by atoms with Crippen molar-refractivity contribution in [2.75, 3.05) is 7.11 Å². The molecule has 0 unspecified atom stereocenters. The van der Waals surface area contributed by atoms with Crippen molar-refractivity contribution in [3.63, 3.8) is 0 Å². The third kappa shape index (κ3) is 3.92. The van der Waals surface area contributed by atoms with Crippen LogP contribution >= 0.6 is 35.0 Å². The molecule has 0 aromatic heterocycles. The maximum atomic E-state index is 11.3. The van der Waals surface area contributed by atoms with Crippen molar-refractivity contribution in [3.8, 4) is 0 Å². The van der Waals surface area contributed by atoms with Crippen LogP contribution in [0.15, 0.2) is 47.4 Å². The number of ether oxygens (including phenoxy) is 1. The largest absolute Gasteiger partial charge is 0.465 e. The number of rotatable bonds is 4. The molecule has 104 valence electrons. The van der Waals surface area contributed by atoms with Crippen LogP contribution in [0.2, 0.25) is 10.0 Å². The monoisotopic (exact) mass is 326 g/mol. The number of carbonyl (C=O) groups excluding carboxylic acids is 1. The number of hydrogen-bond acceptors (Lipinski definition) is 3. The maximum Gasteiger partial charge on any atom is 0.337 e. The molecule has 2 nitrogen and oxygen atoms in total. The number of carbonyl (C=O) groups is 1. The predicted molar refractivity (Wildman–Crippen MR) is 83.8 cm³/mol. The Balaban J connectivity index is 2.00. The van der Waals surface area contributed by atoms with Gasteiger partial charge in [-0.25, -0.2) is 4.79 Å². The quantitative estimate of drug-likeness (QED) is 0.579. The first kappa shape index (κ1) is 15.2. The van der Waals surface area contributed by atoms with Crippen LogP contribution < -0.4 is 0 Å². The van der Waals surface area contributed by atoms with Crippen LogP contribution in [-0.4, -0.2) is 13.1 Å². The Labute approximate surface area is 132 Å². The molecule has 2 aromatic rings. The van der Waals surface area contributed by atoms with E-state index in [2.05, 4.69) is 4.74 Å². The van der Waals surface area contributed by atoms with E-state index in [0.717, 1.165) is 16.2 Å². The molecular weight excluding hydrogens is 315 g/mol. The van der Waals surface area contributed by atoms with E-state index in [9.17, 15) is 4.79 Å². The summed E-state index contributed by atoms with van der Waals surface area (Å²) in [6, 6.07) is 12.9. The van der Waals surface area contributed by atoms with E-state index in [1.807, 2.05) is 24.3 Å². The Morgan fingerprint density at radius 2 is 1.80 bits per heavy atom. The molecule has 0 aliphatic carbocycles. The number of methoxy groups -OCH3 is 1. The second-order valence-corrected chi connectivity index (χ2v) is 5.92. The molecule has 5 heteroatoms. The Morgan fingerprint density at radius 3 is 2.40 bits per heavy atom. The van der Waals surface area contributed by atoms with Crippen molar-refractivity contribution in [1.29, 1.82) is 0 Å². The summed E-state index contributed by atoms with van der Waals surface area (Å²) in [7, 11) is 1.37. The number of hydrogen-bond donors (Lipinski definition) is 0. The fraction of sp³-hybridized carbons (Fsp3) is 0.133. The molecule has 0 fully saturated rings. The van der Waals surface area contributed by atoms with Gasteiger partial charge in [0.15, 0.2) is 0 Å². The van der Waals surface area contributed by atoms with Crippen LogP contribution in [-0.2, 0) is 10.5 Å². The van der Waals surface area contributed by atoms with Crippen molar-refractivity contribution in [2.45, 2.75) is 10.6 Å². The van der Waals surface area contributed by atoms with Gasteiger partial charge in [-0.1, -0.05) is 35.3 Å². The van der Waals surface area contributed by atoms with E-state index in [-0.39, 0.29) is 5.97 Å². The third-order valence-electron chi connectivity index (χ3n) is 2.67. The van der Waals surface area contributed by atoms with Gasteiger partial charge in [-0.05, 0) is 35.9 Å². The van der Waals surface area contributed by atoms with Crippen LogP contribution in [0, 0.1) is 0 Å². The second kappa shape index (κ2) is 7.02. The topological polar surface area (TPSA) is 26.3 Å². The minimum Gasteiger partial charge on any atom is -0.465 e. The summed E-state index contributed by atoms with van der Waals surface area (Å²) in [5.74, 6) is 0.466. The highest BCUT2D eigenvalue weighted by Gasteiger charge is 2.05. The van der Waals surface area contributed by atoms with Gasteiger partial charge in [0.2, 0.25) is 0 Å².